The van der Waals surface area contributed by atoms with Crippen LogP contribution < -0.4 is 5.32 Å². The minimum atomic E-state index is -3.41. The average molecular weight is 359 g/mol. The molecule has 0 spiro atoms. The quantitative estimate of drug-likeness (QED) is 0.909. The van der Waals surface area contributed by atoms with Gasteiger partial charge in [-0.15, -0.1) is 11.3 Å². The molecular weight excluding hydrogens is 344 g/mol. The Morgan fingerprint density at radius 3 is 2.64 bits per heavy atom. The van der Waals surface area contributed by atoms with Crippen molar-refractivity contribution >= 4 is 43.8 Å². The van der Waals surface area contributed by atoms with Crippen LogP contribution in [0.15, 0.2) is 23.1 Å². The summed E-state index contributed by atoms with van der Waals surface area (Å²) in [5.41, 5.74) is 1.03. The first-order valence-electron chi connectivity index (χ1n) is 6.49. The molecule has 22 heavy (non-hydrogen) atoms. The summed E-state index contributed by atoms with van der Waals surface area (Å²) in [7, 11) is -3.41. The van der Waals surface area contributed by atoms with Crippen molar-refractivity contribution in [2.24, 2.45) is 0 Å². The van der Waals surface area contributed by atoms with E-state index in [0.717, 1.165) is 23.2 Å². The van der Waals surface area contributed by atoms with Crippen molar-refractivity contribution in [1.82, 2.24) is 4.98 Å². The number of amides is 1. The molecule has 2 aromatic rings. The second-order valence-electron chi connectivity index (χ2n) is 4.74. The summed E-state index contributed by atoms with van der Waals surface area (Å²) in [5, 5.41) is 3.32. The van der Waals surface area contributed by atoms with Crippen LogP contribution in [-0.2, 0) is 16.3 Å². The molecule has 2 rings (SSSR count). The van der Waals surface area contributed by atoms with Gasteiger partial charge in [-0.3, -0.25) is 10.1 Å². The van der Waals surface area contributed by atoms with Crippen LogP contribution in [0, 0.1) is 6.92 Å². The van der Waals surface area contributed by atoms with Gasteiger partial charge in [-0.05, 0) is 31.5 Å². The van der Waals surface area contributed by atoms with E-state index in [9.17, 15) is 13.2 Å². The third kappa shape index (κ3) is 3.66. The van der Waals surface area contributed by atoms with Gasteiger partial charge in [-0.2, -0.15) is 0 Å². The average Bonchev–Trinajstić information content (AvgIpc) is 2.77. The van der Waals surface area contributed by atoms with Crippen LogP contribution in [0.2, 0.25) is 5.02 Å². The Bertz CT molecular complexity index is 829. The number of halogens is 1. The minimum absolute atomic E-state index is 0.0478. The van der Waals surface area contributed by atoms with Crippen LogP contribution in [0.5, 0.6) is 0 Å². The largest absolute Gasteiger partial charge is 0.298 e. The molecule has 1 aromatic carbocycles. The standard InChI is InChI=1S/C14H15ClN2O3S2/c1-4-12-8(2)21-14(16-12)17-13(18)10-7-9(22(3,19)20)5-6-11(10)15/h5-7H,4H2,1-3H3,(H,16,17,18). The SMILES string of the molecule is CCc1nc(NC(=O)c2cc(S(C)(=O)=O)ccc2Cl)sc1C. The van der Waals surface area contributed by atoms with E-state index < -0.39 is 15.7 Å². The third-order valence-electron chi connectivity index (χ3n) is 3.06. The van der Waals surface area contributed by atoms with Gasteiger partial charge in [0.25, 0.3) is 5.91 Å². The molecule has 1 heterocycles. The zero-order valence-corrected chi connectivity index (χ0v) is 14.7. The van der Waals surface area contributed by atoms with Crippen molar-refractivity contribution in [3.63, 3.8) is 0 Å². The van der Waals surface area contributed by atoms with E-state index in [1.165, 1.54) is 29.5 Å². The van der Waals surface area contributed by atoms with Crippen molar-refractivity contribution in [1.29, 1.82) is 0 Å². The predicted molar refractivity (Wildman–Crippen MR) is 88.7 cm³/mol. The Hall–Kier alpha value is -1.44. The van der Waals surface area contributed by atoms with Crippen molar-refractivity contribution in [3.05, 3.63) is 39.4 Å². The Morgan fingerprint density at radius 2 is 2.09 bits per heavy atom. The summed E-state index contributed by atoms with van der Waals surface area (Å²) < 4.78 is 23.2. The van der Waals surface area contributed by atoms with Crippen LogP contribution >= 0.6 is 22.9 Å². The number of hydrogen-bond donors (Lipinski definition) is 1. The van der Waals surface area contributed by atoms with Crippen molar-refractivity contribution in [3.8, 4) is 0 Å². The second kappa shape index (κ2) is 6.36. The summed E-state index contributed by atoms with van der Waals surface area (Å²) in [6.07, 6.45) is 1.86. The monoisotopic (exact) mass is 358 g/mol. The van der Waals surface area contributed by atoms with Crippen molar-refractivity contribution < 1.29 is 13.2 Å². The Kier molecular flexibility index (Phi) is 4.89. The minimum Gasteiger partial charge on any atom is -0.298 e. The van der Waals surface area contributed by atoms with E-state index in [0.29, 0.717) is 5.13 Å². The van der Waals surface area contributed by atoms with Gasteiger partial charge < -0.3 is 0 Å². The van der Waals surface area contributed by atoms with E-state index >= 15 is 0 Å². The first kappa shape index (κ1) is 16.9. The molecule has 1 N–H and O–H groups in total. The van der Waals surface area contributed by atoms with Crippen LogP contribution in [0.25, 0.3) is 0 Å². The zero-order valence-electron chi connectivity index (χ0n) is 12.3. The molecule has 0 atom stereocenters. The molecule has 5 nitrogen and oxygen atoms in total. The smallest absolute Gasteiger partial charge is 0.259 e. The Morgan fingerprint density at radius 1 is 1.41 bits per heavy atom. The lowest BCUT2D eigenvalue weighted by Gasteiger charge is -2.06. The highest BCUT2D eigenvalue weighted by Gasteiger charge is 2.17. The molecule has 0 saturated heterocycles. The van der Waals surface area contributed by atoms with Crippen LogP contribution in [0.4, 0.5) is 5.13 Å². The number of nitrogens with zero attached hydrogens (tertiary/aromatic N) is 1. The maximum Gasteiger partial charge on any atom is 0.259 e. The molecule has 1 aromatic heterocycles. The molecule has 8 heteroatoms. The van der Waals surface area contributed by atoms with Gasteiger partial charge in [0.15, 0.2) is 15.0 Å². The molecule has 118 valence electrons. The lowest BCUT2D eigenvalue weighted by Crippen LogP contribution is -2.13. The van der Waals surface area contributed by atoms with Crippen molar-refractivity contribution in [2.45, 2.75) is 25.2 Å². The summed E-state index contributed by atoms with van der Waals surface area (Å²) in [5.74, 6) is -0.480. The van der Waals surface area contributed by atoms with Crippen LogP contribution in [0.3, 0.4) is 0 Å². The van der Waals surface area contributed by atoms with Crippen LogP contribution in [-0.4, -0.2) is 25.6 Å². The van der Waals surface area contributed by atoms with E-state index in [2.05, 4.69) is 10.3 Å². The number of aromatic nitrogens is 1. The summed E-state index contributed by atoms with van der Waals surface area (Å²) >= 11 is 7.37. The van der Waals surface area contributed by atoms with Gasteiger partial charge in [0, 0.05) is 11.1 Å². The second-order valence-corrected chi connectivity index (χ2v) is 8.37. The highest BCUT2D eigenvalue weighted by molar-refractivity contribution is 7.90. The third-order valence-corrected chi connectivity index (χ3v) is 5.43. The lowest BCUT2D eigenvalue weighted by atomic mass is 10.2. The molecule has 0 unspecified atom stereocenters. The molecule has 0 aliphatic carbocycles. The summed E-state index contributed by atoms with van der Waals surface area (Å²) in [4.78, 5) is 17.7. The number of thiazole rings is 1. The fraction of sp³-hybridized carbons (Fsp3) is 0.286. The normalized spacial score (nSPS) is 11.5. The van der Waals surface area contributed by atoms with Gasteiger partial charge >= 0.3 is 0 Å². The Balaban J connectivity index is 2.32. The van der Waals surface area contributed by atoms with Gasteiger partial charge in [0.05, 0.1) is 21.2 Å². The highest BCUT2D eigenvalue weighted by atomic mass is 35.5. The number of sulfone groups is 1. The van der Waals surface area contributed by atoms with Gasteiger partial charge in [-0.1, -0.05) is 18.5 Å². The molecule has 0 bridgehead atoms. The maximum absolute atomic E-state index is 12.3. The number of aryl methyl sites for hydroxylation is 2. The number of benzene rings is 1. The van der Waals surface area contributed by atoms with Crippen LogP contribution in [0.1, 0.15) is 27.9 Å². The molecule has 0 fully saturated rings. The first-order valence-corrected chi connectivity index (χ1v) is 9.58. The molecular formula is C14H15ClN2O3S2. The van der Waals surface area contributed by atoms with Gasteiger partial charge in [-0.25, -0.2) is 13.4 Å². The fourth-order valence-corrected chi connectivity index (χ4v) is 3.63. The van der Waals surface area contributed by atoms with Crippen molar-refractivity contribution in [2.75, 3.05) is 11.6 Å². The van der Waals surface area contributed by atoms with Gasteiger partial charge in [0.1, 0.15) is 0 Å². The highest BCUT2D eigenvalue weighted by Crippen LogP contribution is 2.25. The Labute approximate surface area is 138 Å². The lowest BCUT2D eigenvalue weighted by molar-refractivity contribution is 0.102. The number of carbonyl (C=O) groups excluding carboxylic acids is 1. The predicted octanol–water partition coefficient (Wildman–Crippen LogP) is 3.32. The van der Waals surface area contributed by atoms with E-state index in [-0.39, 0.29) is 15.5 Å². The summed E-state index contributed by atoms with van der Waals surface area (Å²) in [6.45, 7) is 3.92. The summed E-state index contributed by atoms with van der Waals surface area (Å²) in [6, 6.07) is 4.04. The molecule has 0 aliphatic rings. The van der Waals surface area contributed by atoms with E-state index in [4.69, 9.17) is 11.6 Å². The number of anilines is 1. The first-order chi connectivity index (χ1) is 10.2. The molecule has 0 saturated carbocycles. The molecule has 0 radical (unpaired) electrons. The van der Waals surface area contributed by atoms with Gasteiger partial charge in [0.2, 0.25) is 0 Å². The maximum atomic E-state index is 12.3. The molecule has 0 aliphatic heterocycles. The number of hydrogen-bond acceptors (Lipinski definition) is 5. The number of carbonyl (C=O) groups is 1. The number of nitrogens with one attached hydrogen (secondary N) is 1. The molecule has 1 amide bonds. The topological polar surface area (TPSA) is 76.1 Å². The number of rotatable bonds is 4. The zero-order chi connectivity index (χ0) is 16.5. The fourth-order valence-electron chi connectivity index (χ4n) is 1.88. The van der Waals surface area contributed by atoms with E-state index in [1.807, 2.05) is 13.8 Å². The van der Waals surface area contributed by atoms with E-state index in [1.54, 1.807) is 0 Å².